The Labute approximate surface area is 88.0 Å². The van der Waals surface area contributed by atoms with Crippen molar-refractivity contribution >= 4 is 0 Å². The fourth-order valence-corrected chi connectivity index (χ4v) is 1.91. The van der Waals surface area contributed by atoms with Gasteiger partial charge in [0.25, 0.3) is 0 Å². The summed E-state index contributed by atoms with van der Waals surface area (Å²) in [5.74, 6) is 0. The predicted octanol–water partition coefficient (Wildman–Crippen LogP) is 1.05. The van der Waals surface area contributed by atoms with E-state index >= 15 is 0 Å². The van der Waals surface area contributed by atoms with E-state index in [0.717, 1.165) is 19.7 Å². The van der Waals surface area contributed by atoms with E-state index in [1.54, 1.807) is 7.11 Å². The summed E-state index contributed by atoms with van der Waals surface area (Å²) in [5, 5.41) is 0. The van der Waals surface area contributed by atoms with Gasteiger partial charge in [0.15, 0.2) is 0 Å². The molecule has 0 spiro atoms. The van der Waals surface area contributed by atoms with Gasteiger partial charge in [0.1, 0.15) is 0 Å². The molecule has 1 heterocycles. The van der Waals surface area contributed by atoms with Crippen LogP contribution in [0.15, 0.2) is 0 Å². The van der Waals surface area contributed by atoms with E-state index in [1.807, 2.05) is 0 Å². The molecule has 0 unspecified atom stereocenters. The average Bonchev–Trinajstić information content (AvgIpc) is 1.92. The number of hydrogen-bond acceptors (Lipinski definition) is 3. The molecule has 84 valence electrons. The molecule has 1 aliphatic rings. The summed E-state index contributed by atoms with van der Waals surface area (Å²) < 4.78 is 5.30. The minimum Gasteiger partial charge on any atom is -0.383 e. The Kier molecular flexibility index (Phi) is 3.24. The van der Waals surface area contributed by atoms with Crippen molar-refractivity contribution in [3.8, 4) is 0 Å². The molecule has 0 aromatic carbocycles. The summed E-state index contributed by atoms with van der Waals surface area (Å²) >= 11 is 0. The molecular weight excluding hydrogens is 176 g/mol. The minimum atomic E-state index is 0.238. The van der Waals surface area contributed by atoms with E-state index in [-0.39, 0.29) is 11.1 Å². The number of likely N-dealkylation sites (N-methyl/N-ethyl adjacent to an activating group) is 1. The van der Waals surface area contributed by atoms with Gasteiger partial charge in [-0.05, 0) is 34.9 Å². The van der Waals surface area contributed by atoms with Crippen LogP contribution in [0.2, 0.25) is 0 Å². The van der Waals surface area contributed by atoms with Crippen molar-refractivity contribution in [1.82, 2.24) is 9.80 Å². The molecule has 0 atom stereocenters. The Bertz CT molecular complexity index is 190. The number of nitrogens with zero attached hydrogens (tertiary/aromatic N) is 2. The van der Waals surface area contributed by atoms with Gasteiger partial charge in [0.2, 0.25) is 0 Å². The van der Waals surface area contributed by atoms with Crippen LogP contribution in [0.3, 0.4) is 0 Å². The maximum absolute atomic E-state index is 5.30. The van der Waals surface area contributed by atoms with Crippen molar-refractivity contribution < 1.29 is 4.74 Å². The molecule has 1 fully saturated rings. The lowest BCUT2D eigenvalue weighted by Crippen LogP contribution is -2.74. The lowest BCUT2D eigenvalue weighted by molar-refractivity contribution is -0.107. The smallest absolute Gasteiger partial charge is 0.0694 e. The Morgan fingerprint density at radius 1 is 1.29 bits per heavy atom. The molecule has 0 saturated carbocycles. The average molecular weight is 200 g/mol. The highest BCUT2D eigenvalue weighted by molar-refractivity contribution is 5.05. The van der Waals surface area contributed by atoms with Crippen LogP contribution in [0, 0.1) is 0 Å². The van der Waals surface area contributed by atoms with E-state index in [9.17, 15) is 0 Å². The number of methoxy groups -OCH3 is 1. The van der Waals surface area contributed by atoms with E-state index in [0.29, 0.717) is 0 Å². The van der Waals surface area contributed by atoms with E-state index in [2.05, 4.69) is 44.7 Å². The summed E-state index contributed by atoms with van der Waals surface area (Å²) in [6, 6.07) is 0. The molecular formula is C11H24N2O. The van der Waals surface area contributed by atoms with E-state index in [4.69, 9.17) is 4.74 Å². The monoisotopic (exact) mass is 200 g/mol. The Hall–Kier alpha value is -0.120. The van der Waals surface area contributed by atoms with Crippen LogP contribution in [-0.4, -0.2) is 61.8 Å². The molecule has 0 aromatic heterocycles. The lowest BCUT2D eigenvalue weighted by Gasteiger charge is -2.58. The van der Waals surface area contributed by atoms with Crippen LogP contribution >= 0.6 is 0 Å². The van der Waals surface area contributed by atoms with Crippen LogP contribution in [0.1, 0.15) is 20.8 Å². The third-order valence-electron chi connectivity index (χ3n) is 3.28. The van der Waals surface area contributed by atoms with Crippen LogP contribution in [-0.2, 0) is 4.74 Å². The van der Waals surface area contributed by atoms with Crippen molar-refractivity contribution in [2.24, 2.45) is 0 Å². The van der Waals surface area contributed by atoms with Crippen molar-refractivity contribution in [3.05, 3.63) is 0 Å². The minimum absolute atomic E-state index is 0.238. The van der Waals surface area contributed by atoms with Gasteiger partial charge in [-0.2, -0.15) is 0 Å². The summed E-state index contributed by atoms with van der Waals surface area (Å²) in [6.07, 6.45) is 0. The maximum atomic E-state index is 5.30. The Balaban J connectivity index is 2.56. The van der Waals surface area contributed by atoms with Gasteiger partial charge in [0.05, 0.1) is 12.1 Å². The van der Waals surface area contributed by atoms with Crippen molar-refractivity contribution in [1.29, 1.82) is 0 Å². The van der Waals surface area contributed by atoms with Gasteiger partial charge >= 0.3 is 0 Å². The number of ether oxygens (including phenoxy) is 1. The highest BCUT2D eigenvalue weighted by Crippen LogP contribution is 2.32. The molecule has 3 nitrogen and oxygen atoms in total. The molecule has 3 heteroatoms. The Morgan fingerprint density at radius 3 is 2.07 bits per heavy atom. The lowest BCUT2D eigenvalue weighted by atomic mass is 9.85. The largest absolute Gasteiger partial charge is 0.383 e. The number of likely N-dealkylation sites (tertiary alicyclic amines) is 1. The standard InChI is InChI=1S/C11H24N2O/c1-10(2,3)13-7-11(8-13,9-14-6)12(4)5/h7-9H2,1-6H3. The van der Waals surface area contributed by atoms with E-state index < -0.39 is 0 Å². The first kappa shape index (κ1) is 12.0. The fourth-order valence-electron chi connectivity index (χ4n) is 1.91. The summed E-state index contributed by atoms with van der Waals surface area (Å²) in [6.45, 7) is 9.83. The van der Waals surface area contributed by atoms with Gasteiger partial charge in [-0.25, -0.2) is 0 Å². The van der Waals surface area contributed by atoms with Gasteiger partial charge in [-0.1, -0.05) is 0 Å². The molecule has 0 amide bonds. The molecule has 0 N–H and O–H groups in total. The summed E-state index contributed by atoms with van der Waals surface area (Å²) in [5.41, 5.74) is 0.523. The van der Waals surface area contributed by atoms with Gasteiger partial charge < -0.3 is 4.74 Å². The zero-order valence-electron chi connectivity index (χ0n) is 10.4. The predicted molar refractivity (Wildman–Crippen MR) is 59.6 cm³/mol. The first-order valence-electron chi connectivity index (χ1n) is 5.23. The topological polar surface area (TPSA) is 15.7 Å². The zero-order valence-corrected chi connectivity index (χ0v) is 10.4. The molecule has 1 rings (SSSR count). The SMILES string of the molecule is COCC1(N(C)C)CN(C(C)(C)C)C1. The third kappa shape index (κ3) is 2.10. The van der Waals surface area contributed by atoms with Crippen molar-refractivity contribution in [2.75, 3.05) is 40.9 Å². The fraction of sp³-hybridized carbons (Fsp3) is 1.00. The van der Waals surface area contributed by atoms with Crippen LogP contribution < -0.4 is 0 Å². The van der Waals surface area contributed by atoms with Crippen LogP contribution in [0.5, 0.6) is 0 Å². The van der Waals surface area contributed by atoms with Gasteiger partial charge in [-0.15, -0.1) is 0 Å². The van der Waals surface area contributed by atoms with Crippen LogP contribution in [0.25, 0.3) is 0 Å². The highest BCUT2D eigenvalue weighted by Gasteiger charge is 2.48. The van der Waals surface area contributed by atoms with E-state index in [1.165, 1.54) is 0 Å². The molecule has 0 aromatic rings. The first-order chi connectivity index (χ1) is 6.32. The quantitative estimate of drug-likeness (QED) is 0.677. The first-order valence-corrected chi connectivity index (χ1v) is 5.23. The van der Waals surface area contributed by atoms with Gasteiger partial charge in [0, 0.05) is 25.7 Å². The number of rotatable bonds is 3. The number of hydrogen-bond donors (Lipinski definition) is 0. The second-order valence-electron chi connectivity index (χ2n) is 5.58. The summed E-state index contributed by atoms with van der Waals surface area (Å²) in [7, 11) is 6.06. The normalized spacial score (nSPS) is 22.5. The molecule has 1 saturated heterocycles. The second kappa shape index (κ2) is 3.80. The molecule has 14 heavy (non-hydrogen) atoms. The van der Waals surface area contributed by atoms with Crippen molar-refractivity contribution in [3.63, 3.8) is 0 Å². The van der Waals surface area contributed by atoms with Crippen LogP contribution in [0.4, 0.5) is 0 Å². The zero-order chi connectivity index (χ0) is 11.0. The molecule has 0 aliphatic carbocycles. The molecule has 0 bridgehead atoms. The highest BCUT2D eigenvalue weighted by atomic mass is 16.5. The second-order valence-corrected chi connectivity index (χ2v) is 5.58. The third-order valence-corrected chi connectivity index (χ3v) is 3.28. The maximum Gasteiger partial charge on any atom is 0.0694 e. The molecule has 1 aliphatic heterocycles. The molecule has 0 radical (unpaired) electrons. The Morgan fingerprint density at radius 2 is 1.79 bits per heavy atom. The van der Waals surface area contributed by atoms with Crippen molar-refractivity contribution in [2.45, 2.75) is 31.8 Å². The van der Waals surface area contributed by atoms with Gasteiger partial charge in [-0.3, -0.25) is 9.80 Å². The summed E-state index contributed by atoms with van der Waals surface area (Å²) in [4.78, 5) is 4.78.